The number of methoxy groups -OCH3 is 4. The average Bonchev–Trinajstić information content (AvgIpc) is 2.92. The van der Waals surface area contributed by atoms with E-state index in [0.717, 1.165) is 12.0 Å². The van der Waals surface area contributed by atoms with Gasteiger partial charge in [-0.15, -0.1) is 0 Å². The normalized spacial score (nSPS) is 14.8. The Kier molecular flexibility index (Phi) is 6.95. The van der Waals surface area contributed by atoms with Gasteiger partial charge in [0.15, 0.2) is 11.5 Å². The van der Waals surface area contributed by atoms with Gasteiger partial charge in [-0.3, -0.25) is 4.79 Å². The third-order valence-electron chi connectivity index (χ3n) is 5.60. The molecular weight excluding hydrogens is 400 g/mol. The lowest BCUT2D eigenvalue weighted by atomic mass is 9.89. The SMILES string of the molecule is CCCc1cc(OC(C)=O)c2c(c1O)-c1c(cc(OC)c(OC)c1OC)CCC2OC. The van der Waals surface area contributed by atoms with E-state index in [4.69, 9.17) is 23.7 Å². The smallest absolute Gasteiger partial charge is 0.308 e. The molecule has 3 rings (SSSR count). The molecule has 0 fully saturated rings. The molecule has 0 spiro atoms. The van der Waals surface area contributed by atoms with Crippen LogP contribution in [0, 0.1) is 0 Å². The van der Waals surface area contributed by atoms with E-state index in [-0.39, 0.29) is 11.9 Å². The van der Waals surface area contributed by atoms with E-state index in [1.807, 2.05) is 13.0 Å². The molecule has 1 aliphatic rings. The Morgan fingerprint density at radius 1 is 1.03 bits per heavy atom. The first kappa shape index (κ1) is 22.7. The summed E-state index contributed by atoms with van der Waals surface area (Å²) in [6.45, 7) is 3.39. The van der Waals surface area contributed by atoms with E-state index in [1.54, 1.807) is 34.5 Å². The second-order valence-corrected chi connectivity index (χ2v) is 7.46. The van der Waals surface area contributed by atoms with Crippen molar-refractivity contribution in [3.63, 3.8) is 0 Å². The lowest BCUT2D eigenvalue weighted by Gasteiger charge is -2.24. The van der Waals surface area contributed by atoms with Gasteiger partial charge in [-0.05, 0) is 42.5 Å². The molecule has 1 unspecified atom stereocenters. The first-order valence-electron chi connectivity index (χ1n) is 10.3. The van der Waals surface area contributed by atoms with Crippen LogP contribution in [0.3, 0.4) is 0 Å². The van der Waals surface area contributed by atoms with Gasteiger partial charge in [0.1, 0.15) is 11.5 Å². The van der Waals surface area contributed by atoms with Crippen LogP contribution < -0.4 is 18.9 Å². The Hall–Kier alpha value is -2.93. The number of rotatable bonds is 7. The fourth-order valence-electron chi connectivity index (χ4n) is 4.33. The molecule has 0 saturated heterocycles. The predicted octanol–water partition coefficient (Wildman–Crippen LogP) is 4.60. The van der Waals surface area contributed by atoms with Crippen LogP contribution in [0.4, 0.5) is 0 Å². The largest absolute Gasteiger partial charge is 0.507 e. The number of hydrogen-bond donors (Lipinski definition) is 1. The minimum atomic E-state index is -0.436. The van der Waals surface area contributed by atoms with Gasteiger partial charge < -0.3 is 28.8 Å². The monoisotopic (exact) mass is 430 g/mol. The number of esters is 1. The minimum Gasteiger partial charge on any atom is -0.507 e. The molecule has 7 heteroatoms. The minimum absolute atomic E-state index is 0.128. The van der Waals surface area contributed by atoms with Gasteiger partial charge in [0.25, 0.3) is 0 Å². The highest BCUT2D eigenvalue weighted by Crippen LogP contribution is 2.55. The molecule has 0 saturated carbocycles. The van der Waals surface area contributed by atoms with Crippen LogP contribution in [0.15, 0.2) is 12.1 Å². The number of aromatic hydroxyl groups is 1. The molecule has 2 aromatic carbocycles. The first-order valence-corrected chi connectivity index (χ1v) is 10.3. The summed E-state index contributed by atoms with van der Waals surface area (Å²) in [5.74, 6) is 1.50. The van der Waals surface area contributed by atoms with E-state index in [9.17, 15) is 9.90 Å². The number of phenols is 1. The molecule has 0 amide bonds. The van der Waals surface area contributed by atoms with Crippen molar-refractivity contribution in [1.82, 2.24) is 0 Å². The first-order chi connectivity index (χ1) is 14.9. The Balaban J connectivity index is 2.49. The highest BCUT2D eigenvalue weighted by Gasteiger charge is 2.34. The van der Waals surface area contributed by atoms with Gasteiger partial charge in [-0.1, -0.05) is 13.3 Å². The number of aryl methyl sites for hydroxylation is 2. The van der Waals surface area contributed by atoms with Crippen molar-refractivity contribution in [3.05, 3.63) is 28.8 Å². The summed E-state index contributed by atoms with van der Waals surface area (Å²) in [5, 5.41) is 11.4. The maximum atomic E-state index is 11.9. The zero-order valence-corrected chi connectivity index (χ0v) is 19.0. The van der Waals surface area contributed by atoms with Crippen molar-refractivity contribution < 1.29 is 33.6 Å². The number of phenolic OH excluding ortho intramolecular Hbond substituents is 1. The van der Waals surface area contributed by atoms with Crippen molar-refractivity contribution in [3.8, 4) is 39.9 Å². The molecule has 31 heavy (non-hydrogen) atoms. The predicted molar refractivity (Wildman–Crippen MR) is 117 cm³/mol. The summed E-state index contributed by atoms with van der Waals surface area (Å²) < 4.78 is 28.3. The third-order valence-corrected chi connectivity index (χ3v) is 5.60. The van der Waals surface area contributed by atoms with Crippen LogP contribution in [0.1, 0.15) is 49.5 Å². The molecule has 168 valence electrons. The van der Waals surface area contributed by atoms with Crippen LogP contribution in [0.5, 0.6) is 28.7 Å². The summed E-state index contributed by atoms with van der Waals surface area (Å²) in [6.07, 6.45) is 2.31. The molecule has 0 aliphatic heterocycles. The van der Waals surface area contributed by atoms with Crippen LogP contribution in [-0.4, -0.2) is 39.5 Å². The Morgan fingerprint density at radius 2 is 1.74 bits per heavy atom. The fraction of sp³-hybridized carbons (Fsp3) is 0.458. The number of fused-ring (bicyclic) bond motifs is 3. The van der Waals surface area contributed by atoms with Crippen LogP contribution >= 0.6 is 0 Å². The standard InChI is InChI=1S/C24H30O7/c1-7-8-15-12-17(31-13(2)25)20-16(27-3)10-9-14-11-18(28-4)23(29-5)24(30-6)19(14)21(20)22(15)26/h11-12,16,26H,7-10H2,1-6H3. The number of benzene rings is 2. The second kappa shape index (κ2) is 9.47. The highest BCUT2D eigenvalue weighted by atomic mass is 16.5. The third kappa shape index (κ3) is 4.02. The van der Waals surface area contributed by atoms with Crippen LogP contribution in [-0.2, 0) is 22.4 Å². The quantitative estimate of drug-likeness (QED) is 0.508. The molecule has 1 aliphatic carbocycles. The van der Waals surface area contributed by atoms with Gasteiger partial charge in [0.05, 0.1) is 27.4 Å². The van der Waals surface area contributed by atoms with Crippen molar-refractivity contribution in [2.45, 2.75) is 45.6 Å². The van der Waals surface area contributed by atoms with Crippen LogP contribution in [0.2, 0.25) is 0 Å². The van der Waals surface area contributed by atoms with E-state index >= 15 is 0 Å². The Labute approximate surface area is 182 Å². The number of hydrogen-bond acceptors (Lipinski definition) is 7. The summed E-state index contributed by atoms with van der Waals surface area (Å²) >= 11 is 0. The second-order valence-electron chi connectivity index (χ2n) is 7.46. The maximum Gasteiger partial charge on any atom is 0.308 e. The van der Waals surface area contributed by atoms with Crippen molar-refractivity contribution in [2.75, 3.05) is 28.4 Å². The lowest BCUT2D eigenvalue weighted by Crippen LogP contribution is -2.10. The number of carbonyl (C=O) groups is 1. The van der Waals surface area contributed by atoms with Crippen LogP contribution in [0.25, 0.3) is 11.1 Å². The van der Waals surface area contributed by atoms with Crippen molar-refractivity contribution in [2.24, 2.45) is 0 Å². The zero-order valence-electron chi connectivity index (χ0n) is 19.0. The Morgan fingerprint density at radius 3 is 2.29 bits per heavy atom. The fourth-order valence-corrected chi connectivity index (χ4v) is 4.33. The maximum absolute atomic E-state index is 11.9. The number of ether oxygens (including phenoxy) is 5. The van der Waals surface area contributed by atoms with E-state index in [0.29, 0.717) is 64.5 Å². The van der Waals surface area contributed by atoms with E-state index in [2.05, 4.69) is 0 Å². The molecule has 0 bridgehead atoms. The molecule has 7 nitrogen and oxygen atoms in total. The highest BCUT2D eigenvalue weighted by molar-refractivity contribution is 5.88. The number of carbonyl (C=O) groups excluding carboxylic acids is 1. The molecule has 1 N–H and O–H groups in total. The molecule has 0 heterocycles. The van der Waals surface area contributed by atoms with Gasteiger partial charge >= 0.3 is 5.97 Å². The van der Waals surface area contributed by atoms with Gasteiger partial charge in [-0.25, -0.2) is 0 Å². The summed E-state index contributed by atoms with van der Waals surface area (Å²) in [7, 11) is 6.27. The van der Waals surface area contributed by atoms with E-state index < -0.39 is 5.97 Å². The molecule has 1 atom stereocenters. The summed E-state index contributed by atoms with van der Waals surface area (Å²) in [5.41, 5.74) is 3.47. The summed E-state index contributed by atoms with van der Waals surface area (Å²) in [4.78, 5) is 11.9. The van der Waals surface area contributed by atoms with Crippen molar-refractivity contribution >= 4 is 5.97 Å². The van der Waals surface area contributed by atoms with Gasteiger partial charge in [0.2, 0.25) is 5.75 Å². The summed E-state index contributed by atoms with van der Waals surface area (Å²) in [6, 6.07) is 3.64. The average molecular weight is 430 g/mol. The van der Waals surface area contributed by atoms with Gasteiger partial charge in [0, 0.05) is 30.7 Å². The molecular formula is C24H30O7. The van der Waals surface area contributed by atoms with Gasteiger partial charge in [-0.2, -0.15) is 0 Å². The van der Waals surface area contributed by atoms with Crippen molar-refractivity contribution in [1.29, 1.82) is 0 Å². The lowest BCUT2D eigenvalue weighted by molar-refractivity contribution is -0.132. The zero-order chi connectivity index (χ0) is 22.7. The topological polar surface area (TPSA) is 83.5 Å². The molecule has 2 aromatic rings. The Bertz CT molecular complexity index is 981. The molecule has 0 radical (unpaired) electrons. The molecule has 0 aromatic heterocycles. The van der Waals surface area contributed by atoms with E-state index in [1.165, 1.54) is 6.92 Å².